The number of benzene rings is 2. The van der Waals surface area contributed by atoms with Gasteiger partial charge in [-0.3, -0.25) is 9.59 Å². The third-order valence-electron chi connectivity index (χ3n) is 4.56. The molecule has 0 unspecified atom stereocenters. The van der Waals surface area contributed by atoms with Gasteiger partial charge in [0, 0.05) is 29.4 Å². The van der Waals surface area contributed by atoms with Crippen LogP contribution in [-0.4, -0.2) is 32.1 Å². The highest BCUT2D eigenvalue weighted by Gasteiger charge is 2.32. The van der Waals surface area contributed by atoms with Crippen molar-refractivity contribution in [2.24, 2.45) is 5.41 Å². The topological polar surface area (TPSA) is 67.9 Å². The Kier molecular flexibility index (Phi) is 5.58. The van der Waals surface area contributed by atoms with Gasteiger partial charge < -0.3 is 19.7 Å². The first-order chi connectivity index (χ1) is 13.3. The summed E-state index contributed by atoms with van der Waals surface area (Å²) in [5.41, 5.74) is 2.25. The predicted octanol–water partition coefficient (Wildman–Crippen LogP) is 3.65. The summed E-state index contributed by atoms with van der Waals surface area (Å²) in [6.45, 7) is 6.33. The molecule has 28 heavy (non-hydrogen) atoms. The summed E-state index contributed by atoms with van der Waals surface area (Å²) in [6.07, 6.45) is 0.779. The lowest BCUT2D eigenvalue weighted by molar-refractivity contribution is -0.125. The molecular formula is C22H26N2O4. The smallest absolute Gasteiger partial charge is 0.262 e. The Labute approximate surface area is 165 Å². The van der Waals surface area contributed by atoms with Crippen LogP contribution in [0.15, 0.2) is 42.5 Å². The van der Waals surface area contributed by atoms with E-state index in [1.807, 2.05) is 49.9 Å². The Morgan fingerprint density at radius 3 is 2.57 bits per heavy atom. The number of fused-ring (bicyclic) bond motifs is 1. The van der Waals surface area contributed by atoms with Crippen molar-refractivity contribution >= 4 is 23.2 Å². The van der Waals surface area contributed by atoms with Crippen molar-refractivity contribution in [1.29, 1.82) is 0 Å². The van der Waals surface area contributed by atoms with Gasteiger partial charge in [0.25, 0.3) is 5.91 Å². The molecule has 2 aromatic carbocycles. The zero-order valence-electron chi connectivity index (χ0n) is 16.7. The van der Waals surface area contributed by atoms with Crippen molar-refractivity contribution in [3.63, 3.8) is 0 Å². The first kappa shape index (κ1) is 19.7. The SMILES string of the molecule is COc1cccc(OCC(=O)Nc2ccc3c(c2)CCN3C(=O)C(C)(C)C)c1. The van der Waals surface area contributed by atoms with Gasteiger partial charge in [0.05, 0.1) is 7.11 Å². The van der Waals surface area contributed by atoms with Crippen molar-refractivity contribution in [2.75, 3.05) is 30.5 Å². The maximum Gasteiger partial charge on any atom is 0.262 e. The first-order valence-electron chi connectivity index (χ1n) is 9.29. The van der Waals surface area contributed by atoms with E-state index in [0.29, 0.717) is 23.7 Å². The second-order valence-electron chi connectivity index (χ2n) is 7.82. The van der Waals surface area contributed by atoms with E-state index in [4.69, 9.17) is 9.47 Å². The summed E-state index contributed by atoms with van der Waals surface area (Å²) in [5.74, 6) is 1.10. The minimum absolute atomic E-state index is 0.0983. The van der Waals surface area contributed by atoms with Crippen molar-refractivity contribution in [3.05, 3.63) is 48.0 Å². The predicted molar refractivity (Wildman–Crippen MR) is 109 cm³/mol. The van der Waals surface area contributed by atoms with E-state index in [1.54, 1.807) is 25.3 Å². The van der Waals surface area contributed by atoms with Crippen LogP contribution in [0, 0.1) is 5.41 Å². The van der Waals surface area contributed by atoms with Gasteiger partial charge in [0.15, 0.2) is 6.61 Å². The minimum Gasteiger partial charge on any atom is -0.497 e. The molecule has 1 aliphatic rings. The summed E-state index contributed by atoms with van der Waals surface area (Å²) in [7, 11) is 1.58. The molecule has 6 nitrogen and oxygen atoms in total. The van der Waals surface area contributed by atoms with Crippen molar-refractivity contribution in [2.45, 2.75) is 27.2 Å². The van der Waals surface area contributed by atoms with Gasteiger partial charge in [-0.15, -0.1) is 0 Å². The van der Waals surface area contributed by atoms with Crippen LogP contribution in [0.1, 0.15) is 26.3 Å². The van der Waals surface area contributed by atoms with Gasteiger partial charge in [0.2, 0.25) is 5.91 Å². The average molecular weight is 382 g/mol. The van der Waals surface area contributed by atoms with E-state index in [9.17, 15) is 9.59 Å². The zero-order chi connectivity index (χ0) is 20.3. The molecule has 0 radical (unpaired) electrons. The summed E-state index contributed by atoms with van der Waals surface area (Å²) in [5, 5.41) is 2.85. The lowest BCUT2D eigenvalue weighted by Crippen LogP contribution is -2.38. The molecule has 6 heteroatoms. The molecule has 148 valence electrons. The molecule has 1 aliphatic heterocycles. The maximum atomic E-state index is 12.6. The van der Waals surface area contributed by atoms with Gasteiger partial charge in [0.1, 0.15) is 11.5 Å². The molecule has 0 spiro atoms. The van der Waals surface area contributed by atoms with E-state index in [2.05, 4.69) is 5.32 Å². The first-order valence-corrected chi connectivity index (χ1v) is 9.29. The Bertz CT molecular complexity index is 886. The largest absolute Gasteiger partial charge is 0.497 e. The highest BCUT2D eigenvalue weighted by molar-refractivity contribution is 5.99. The summed E-state index contributed by atoms with van der Waals surface area (Å²) in [6, 6.07) is 12.7. The van der Waals surface area contributed by atoms with Crippen LogP contribution in [0.2, 0.25) is 0 Å². The van der Waals surface area contributed by atoms with Crippen LogP contribution in [-0.2, 0) is 16.0 Å². The molecule has 0 aromatic heterocycles. The van der Waals surface area contributed by atoms with Crippen molar-refractivity contribution in [3.8, 4) is 11.5 Å². The van der Waals surface area contributed by atoms with E-state index >= 15 is 0 Å². The third kappa shape index (κ3) is 4.44. The van der Waals surface area contributed by atoms with Crippen molar-refractivity contribution < 1.29 is 19.1 Å². The molecule has 1 heterocycles. The van der Waals surface area contributed by atoms with Crippen LogP contribution in [0.3, 0.4) is 0 Å². The molecule has 1 N–H and O–H groups in total. The van der Waals surface area contributed by atoms with E-state index < -0.39 is 5.41 Å². The molecule has 0 saturated carbocycles. The number of carbonyl (C=O) groups is 2. The third-order valence-corrected chi connectivity index (χ3v) is 4.56. The molecule has 0 fully saturated rings. The Morgan fingerprint density at radius 1 is 1.11 bits per heavy atom. The Balaban J connectivity index is 1.61. The monoisotopic (exact) mass is 382 g/mol. The van der Waals surface area contributed by atoms with Crippen LogP contribution >= 0.6 is 0 Å². The zero-order valence-corrected chi connectivity index (χ0v) is 16.7. The van der Waals surface area contributed by atoms with Gasteiger partial charge in [-0.2, -0.15) is 0 Å². The molecule has 0 bridgehead atoms. The fourth-order valence-corrected chi connectivity index (χ4v) is 3.13. The van der Waals surface area contributed by atoms with Gasteiger partial charge in [-0.25, -0.2) is 0 Å². The fourth-order valence-electron chi connectivity index (χ4n) is 3.13. The number of rotatable bonds is 5. The maximum absolute atomic E-state index is 12.6. The van der Waals surface area contributed by atoms with Crippen LogP contribution in [0.4, 0.5) is 11.4 Å². The van der Waals surface area contributed by atoms with Gasteiger partial charge in [-0.05, 0) is 42.3 Å². The lowest BCUT2D eigenvalue weighted by Gasteiger charge is -2.26. The number of methoxy groups -OCH3 is 1. The second kappa shape index (κ2) is 7.92. The summed E-state index contributed by atoms with van der Waals surface area (Å²) < 4.78 is 10.7. The molecule has 3 rings (SSSR count). The van der Waals surface area contributed by atoms with Gasteiger partial charge >= 0.3 is 0 Å². The van der Waals surface area contributed by atoms with Gasteiger partial charge in [-0.1, -0.05) is 26.8 Å². The summed E-state index contributed by atoms with van der Waals surface area (Å²) in [4.78, 5) is 26.6. The Morgan fingerprint density at radius 2 is 1.86 bits per heavy atom. The average Bonchev–Trinajstić information content (AvgIpc) is 3.08. The van der Waals surface area contributed by atoms with Crippen LogP contribution in [0.25, 0.3) is 0 Å². The fraction of sp³-hybridized carbons (Fsp3) is 0.364. The molecule has 0 saturated heterocycles. The van der Waals surface area contributed by atoms with Crippen molar-refractivity contribution in [1.82, 2.24) is 0 Å². The molecule has 2 aromatic rings. The Hall–Kier alpha value is -3.02. The number of anilines is 2. The standard InChI is InChI=1S/C22H26N2O4/c1-22(2,3)21(26)24-11-10-15-12-16(8-9-19(15)24)23-20(25)14-28-18-7-5-6-17(13-18)27-4/h5-9,12-13H,10-11,14H2,1-4H3,(H,23,25). The van der Waals surface area contributed by atoms with E-state index in [-0.39, 0.29) is 18.4 Å². The second-order valence-corrected chi connectivity index (χ2v) is 7.82. The number of ether oxygens (including phenoxy) is 2. The minimum atomic E-state index is -0.425. The number of hydrogen-bond acceptors (Lipinski definition) is 4. The number of nitrogens with one attached hydrogen (secondary N) is 1. The number of carbonyl (C=O) groups excluding carboxylic acids is 2. The number of amides is 2. The molecule has 2 amide bonds. The number of hydrogen-bond donors (Lipinski definition) is 1. The number of nitrogens with zero attached hydrogens (tertiary/aromatic N) is 1. The molecular weight excluding hydrogens is 356 g/mol. The van der Waals surface area contributed by atoms with Crippen LogP contribution < -0.4 is 19.7 Å². The molecule has 0 atom stereocenters. The highest BCUT2D eigenvalue weighted by atomic mass is 16.5. The lowest BCUT2D eigenvalue weighted by atomic mass is 9.94. The normalized spacial score (nSPS) is 13.1. The van der Waals surface area contributed by atoms with E-state index in [1.165, 1.54) is 0 Å². The van der Waals surface area contributed by atoms with Crippen LogP contribution in [0.5, 0.6) is 11.5 Å². The summed E-state index contributed by atoms with van der Waals surface area (Å²) >= 11 is 0. The quantitative estimate of drug-likeness (QED) is 0.857. The molecule has 0 aliphatic carbocycles. The van der Waals surface area contributed by atoms with E-state index in [0.717, 1.165) is 17.7 Å². The highest BCUT2D eigenvalue weighted by Crippen LogP contribution is 2.33.